The smallest absolute Gasteiger partial charge is 0.236 e. The number of hydrogen-bond acceptors (Lipinski definition) is 3. The Hall–Kier alpha value is -1.29. The molecule has 1 heterocycles. The van der Waals surface area contributed by atoms with Crippen LogP contribution in [0, 0.1) is 0 Å². The van der Waals surface area contributed by atoms with Gasteiger partial charge in [-0.3, -0.25) is 4.79 Å². The lowest BCUT2D eigenvalue weighted by molar-refractivity contribution is -0.122. The minimum absolute atomic E-state index is 0.0981. The van der Waals surface area contributed by atoms with E-state index in [1.165, 1.54) is 0 Å². The Balaban J connectivity index is 2.18. The summed E-state index contributed by atoms with van der Waals surface area (Å²) in [5.41, 5.74) is 5.54. The molecule has 3 N–H and O–H groups in total. The first-order valence-electron chi connectivity index (χ1n) is 4.79. The van der Waals surface area contributed by atoms with Crippen molar-refractivity contribution in [1.82, 2.24) is 5.32 Å². The lowest BCUT2D eigenvalue weighted by atomic mass is 10.2. The van der Waals surface area contributed by atoms with Crippen LogP contribution in [-0.4, -0.2) is 18.5 Å². The minimum atomic E-state index is -0.397. The van der Waals surface area contributed by atoms with Gasteiger partial charge in [0.2, 0.25) is 5.91 Å². The Kier molecular flexibility index (Phi) is 4.19. The van der Waals surface area contributed by atoms with E-state index >= 15 is 0 Å². The van der Waals surface area contributed by atoms with Gasteiger partial charge in [0.1, 0.15) is 5.76 Å². The molecular formula is C10H16N2O2. The van der Waals surface area contributed by atoms with Crippen molar-refractivity contribution in [2.45, 2.75) is 25.8 Å². The van der Waals surface area contributed by atoms with E-state index in [0.717, 1.165) is 5.76 Å². The summed E-state index contributed by atoms with van der Waals surface area (Å²) in [5.74, 6) is 0.773. The van der Waals surface area contributed by atoms with E-state index in [0.29, 0.717) is 19.4 Å². The zero-order valence-corrected chi connectivity index (χ0v) is 8.32. The number of nitrogens with one attached hydrogen (secondary N) is 1. The number of nitrogens with two attached hydrogens (primary N) is 1. The molecule has 0 saturated heterocycles. The second kappa shape index (κ2) is 5.44. The Morgan fingerprint density at radius 1 is 1.71 bits per heavy atom. The van der Waals surface area contributed by atoms with Crippen LogP contribution in [0.5, 0.6) is 0 Å². The van der Waals surface area contributed by atoms with Crippen LogP contribution < -0.4 is 11.1 Å². The molecule has 0 saturated carbocycles. The average molecular weight is 196 g/mol. The predicted octanol–water partition coefficient (Wildman–Crippen LogP) is 0.676. The van der Waals surface area contributed by atoms with Gasteiger partial charge in [-0.2, -0.15) is 0 Å². The van der Waals surface area contributed by atoms with E-state index in [1.54, 1.807) is 6.26 Å². The monoisotopic (exact) mass is 196 g/mol. The standard InChI is InChI=1S/C10H16N2O2/c1-2-9(11)10(13)12-6-5-8-4-3-7-14-8/h3-4,7,9H,2,5-6,11H2,1H3,(H,12,13). The molecule has 0 bridgehead atoms. The van der Waals surface area contributed by atoms with Gasteiger partial charge in [0.15, 0.2) is 0 Å². The van der Waals surface area contributed by atoms with Gasteiger partial charge in [-0.1, -0.05) is 6.92 Å². The molecule has 1 unspecified atom stereocenters. The average Bonchev–Trinajstić information content (AvgIpc) is 2.69. The quantitative estimate of drug-likeness (QED) is 0.727. The van der Waals surface area contributed by atoms with Crippen molar-refractivity contribution in [2.24, 2.45) is 5.73 Å². The van der Waals surface area contributed by atoms with Crippen LogP contribution in [0.3, 0.4) is 0 Å². The molecule has 14 heavy (non-hydrogen) atoms. The molecule has 0 aliphatic rings. The highest BCUT2D eigenvalue weighted by molar-refractivity contribution is 5.81. The number of carbonyl (C=O) groups excluding carboxylic acids is 1. The highest BCUT2D eigenvalue weighted by atomic mass is 16.3. The first-order valence-corrected chi connectivity index (χ1v) is 4.79. The van der Waals surface area contributed by atoms with E-state index in [1.807, 2.05) is 19.1 Å². The molecule has 0 spiro atoms. The highest BCUT2D eigenvalue weighted by Gasteiger charge is 2.09. The molecule has 1 atom stereocenters. The predicted molar refractivity (Wildman–Crippen MR) is 53.7 cm³/mol. The van der Waals surface area contributed by atoms with Crippen LogP contribution in [-0.2, 0) is 11.2 Å². The van der Waals surface area contributed by atoms with Crippen molar-refractivity contribution in [1.29, 1.82) is 0 Å². The fourth-order valence-electron chi connectivity index (χ4n) is 1.08. The van der Waals surface area contributed by atoms with Crippen LogP contribution in [0.15, 0.2) is 22.8 Å². The third-order valence-corrected chi connectivity index (χ3v) is 2.03. The second-order valence-corrected chi connectivity index (χ2v) is 3.14. The summed E-state index contributed by atoms with van der Waals surface area (Å²) in [6, 6.07) is 3.31. The van der Waals surface area contributed by atoms with Gasteiger partial charge in [0.05, 0.1) is 12.3 Å². The highest BCUT2D eigenvalue weighted by Crippen LogP contribution is 1.99. The number of rotatable bonds is 5. The summed E-state index contributed by atoms with van der Waals surface area (Å²) in [7, 11) is 0. The maximum Gasteiger partial charge on any atom is 0.236 e. The van der Waals surface area contributed by atoms with Gasteiger partial charge in [-0.15, -0.1) is 0 Å². The molecule has 4 heteroatoms. The molecule has 0 fully saturated rings. The summed E-state index contributed by atoms with van der Waals surface area (Å²) in [4.78, 5) is 11.2. The Labute approximate surface area is 83.5 Å². The summed E-state index contributed by atoms with van der Waals surface area (Å²) in [5, 5.41) is 2.75. The largest absolute Gasteiger partial charge is 0.469 e. The molecule has 0 aromatic carbocycles. The van der Waals surface area contributed by atoms with Gasteiger partial charge in [-0.05, 0) is 18.6 Å². The van der Waals surface area contributed by atoms with Crippen molar-refractivity contribution in [3.05, 3.63) is 24.2 Å². The zero-order valence-electron chi connectivity index (χ0n) is 8.32. The number of furan rings is 1. The van der Waals surface area contributed by atoms with Crippen molar-refractivity contribution < 1.29 is 9.21 Å². The number of hydrogen-bond donors (Lipinski definition) is 2. The molecule has 78 valence electrons. The van der Waals surface area contributed by atoms with Crippen molar-refractivity contribution in [2.75, 3.05) is 6.54 Å². The van der Waals surface area contributed by atoms with E-state index in [4.69, 9.17) is 10.2 Å². The van der Waals surface area contributed by atoms with Crippen LogP contribution in [0.4, 0.5) is 0 Å². The van der Waals surface area contributed by atoms with E-state index in [-0.39, 0.29) is 5.91 Å². The normalized spacial score (nSPS) is 12.4. The zero-order chi connectivity index (χ0) is 10.4. The SMILES string of the molecule is CCC(N)C(=O)NCCc1ccco1. The summed E-state index contributed by atoms with van der Waals surface area (Å²) in [6.07, 6.45) is 2.98. The van der Waals surface area contributed by atoms with Crippen LogP contribution in [0.25, 0.3) is 0 Å². The Morgan fingerprint density at radius 3 is 3.07 bits per heavy atom. The van der Waals surface area contributed by atoms with Gasteiger partial charge >= 0.3 is 0 Å². The van der Waals surface area contributed by atoms with Crippen LogP contribution in [0.1, 0.15) is 19.1 Å². The van der Waals surface area contributed by atoms with Crippen molar-refractivity contribution in [3.63, 3.8) is 0 Å². The van der Waals surface area contributed by atoms with Crippen LogP contribution >= 0.6 is 0 Å². The van der Waals surface area contributed by atoms with Crippen molar-refractivity contribution >= 4 is 5.91 Å². The third-order valence-electron chi connectivity index (χ3n) is 2.03. The van der Waals surface area contributed by atoms with Gasteiger partial charge in [0.25, 0.3) is 0 Å². The molecular weight excluding hydrogens is 180 g/mol. The van der Waals surface area contributed by atoms with E-state index in [2.05, 4.69) is 5.32 Å². The van der Waals surface area contributed by atoms with Crippen LogP contribution in [0.2, 0.25) is 0 Å². The Morgan fingerprint density at radius 2 is 2.50 bits per heavy atom. The van der Waals surface area contributed by atoms with E-state index in [9.17, 15) is 4.79 Å². The molecule has 1 rings (SSSR count). The fourth-order valence-corrected chi connectivity index (χ4v) is 1.08. The minimum Gasteiger partial charge on any atom is -0.469 e. The first-order chi connectivity index (χ1) is 6.74. The molecule has 0 aliphatic heterocycles. The van der Waals surface area contributed by atoms with Gasteiger partial charge in [0, 0.05) is 13.0 Å². The third kappa shape index (κ3) is 3.22. The van der Waals surface area contributed by atoms with Gasteiger partial charge < -0.3 is 15.5 Å². The maximum atomic E-state index is 11.2. The number of amides is 1. The van der Waals surface area contributed by atoms with E-state index < -0.39 is 6.04 Å². The molecule has 4 nitrogen and oxygen atoms in total. The molecule has 1 amide bonds. The molecule has 0 aliphatic carbocycles. The molecule has 1 aromatic heterocycles. The Bertz CT molecular complexity index is 270. The maximum absolute atomic E-state index is 11.2. The fraction of sp³-hybridized carbons (Fsp3) is 0.500. The molecule has 1 aromatic rings. The summed E-state index contributed by atoms with van der Waals surface area (Å²) >= 11 is 0. The molecule has 0 radical (unpaired) electrons. The van der Waals surface area contributed by atoms with Gasteiger partial charge in [-0.25, -0.2) is 0 Å². The summed E-state index contributed by atoms with van der Waals surface area (Å²) in [6.45, 7) is 2.46. The first kappa shape index (κ1) is 10.8. The second-order valence-electron chi connectivity index (χ2n) is 3.14. The summed E-state index contributed by atoms with van der Waals surface area (Å²) < 4.78 is 5.12. The lowest BCUT2D eigenvalue weighted by Crippen LogP contribution is -2.40. The topological polar surface area (TPSA) is 68.3 Å². The van der Waals surface area contributed by atoms with Crippen molar-refractivity contribution in [3.8, 4) is 0 Å². The lowest BCUT2D eigenvalue weighted by Gasteiger charge is -2.08. The number of carbonyl (C=O) groups is 1.